The molecule has 1 unspecified atom stereocenters. The summed E-state index contributed by atoms with van der Waals surface area (Å²) in [5.74, 6) is 1.61. The van der Waals surface area contributed by atoms with E-state index in [2.05, 4.69) is 14.7 Å². The van der Waals surface area contributed by atoms with Crippen LogP contribution in [0.1, 0.15) is 46.4 Å². The standard InChI is InChI=1S/C12H17N3O2S/c1-7-9(12(16)17-2)10(13)15-11(14-7)8-5-3-4-6-18-8/h8H,3-6H2,1-2H3,(H2,13,14,15). The predicted molar refractivity (Wildman–Crippen MR) is 71.6 cm³/mol. The first kappa shape index (κ1) is 13.1. The van der Waals surface area contributed by atoms with Crippen LogP contribution in [-0.2, 0) is 4.74 Å². The normalized spacial score (nSPS) is 19.6. The van der Waals surface area contributed by atoms with Gasteiger partial charge in [0.05, 0.1) is 18.1 Å². The Morgan fingerprint density at radius 2 is 2.22 bits per heavy atom. The highest BCUT2D eigenvalue weighted by Gasteiger charge is 2.23. The molecular formula is C12H17N3O2S. The van der Waals surface area contributed by atoms with E-state index in [0.717, 1.165) is 18.0 Å². The van der Waals surface area contributed by atoms with Crippen LogP contribution in [0.25, 0.3) is 0 Å². The van der Waals surface area contributed by atoms with Crippen molar-refractivity contribution in [1.29, 1.82) is 0 Å². The minimum absolute atomic E-state index is 0.218. The predicted octanol–water partition coefficient (Wildman–Crippen LogP) is 2.11. The second-order valence-corrected chi connectivity index (χ2v) is 5.58. The lowest BCUT2D eigenvalue weighted by Crippen LogP contribution is -2.15. The van der Waals surface area contributed by atoms with Gasteiger partial charge in [-0.1, -0.05) is 6.42 Å². The van der Waals surface area contributed by atoms with E-state index in [1.54, 1.807) is 6.92 Å². The van der Waals surface area contributed by atoms with Crippen molar-refractivity contribution in [3.63, 3.8) is 0 Å². The van der Waals surface area contributed by atoms with Crippen LogP contribution in [0.15, 0.2) is 0 Å². The number of anilines is 1. The molecule has 0 amide bonds. The summed E-state index contributed by atoms with van der Waals surface area (Å²) in [6.07, 6.45) is 3.51. The number of hydrogen-bond acceptors (Lipinski definition) is 6. The highest BCUT2D eigenvalue weighted by molar-refractivity contribution is 7.99. The van der Waals surface area contributed by atoms with Gasteiger partial charge in [-0.3, -0.25) is 0 Å². The Balaban J connectivity index is 2.32. The Hall–Kier alpha value is -1.30. The van der Waals surface area contributed by atoms with E-state index in [1.807, 2.05) is 11.8 Å². The molecule has 0 aromatic carbocycles. The molecule has 0 spiro atoms. The third kappa shape index (κ3) is 2.58. The zero-order chi connectivity index (χ0) is 13.1. The molecule has 1 saturated heterocycles. The van der Waals surface area contributed by atoms with E-state index in [1.165, 1.54) is 20.0 Å². The van der Waals surface area contributed by atoms with Crippen molar-refractivity contribution in [3.8, 4) is 0 Å². The summed E-state index contributed by atoms with van der Waals surface area (Å²) in [4.78, 5) is 20.2. The summed E-state index contributed by atoms with van der Waals surface area (Å²) in [5, 5.41) is 0.298. The van der Waals surface area contributed by atoms with E-state index >= 15 is 0 Å². The van der Waals surface area contributed by atoms with E-state index in [-0.39, 0.29) is 11.4 Å². The summed E-state index contributed by atoms with van der Waals surface area (Å²) < 4.78 is 4.68. The minimum atomic E-state index is -0.479. The molecule has 1 atom stereocenters. The van der Waals surface area contributed by atoms with Crippen LogP contribution in [0.4, 0.5) is 5.82 Å². The summed E-state index contributed by atoms with van der Waals surface area (Å²) in [7, 11) is 1.33. The Labute approximate surface area is 111 Å². The van der Waals surface area contributed by atoms with Crippen LogP contribution in [0.5, 0.6) is 0 Å². The molecular weight excluding hydrogens is 250 g/mol. The number of carbonyl (C=O) groups is 1. The lowest BCUT2D eigenvalue weighted by molar-refractivity contribution is 0.0600. The van der Waals surface area contributed by atoms with Crippen molar-refractivity contribution in [2.24, 2.45) is 0 Å². The molecule has 1 aliphatic heterocycles. The number of ether oxygens (including phenoxy) is 1. The largest absolute Gasteiger partial charge is 0.465 e. The van der Waals surface area contributed by atoms with Crippen LogP contribution in [0.2, 0.25) is 0 Å². The molecule has 1 fully saturated rings. The van der Waals surface area contributed by atoms with Crippen molar-refractivity contribution in [3.05, 3.63) is 17.1 Å². The Bertz CT molecular complexity index is 436. The summed E-state index contributed by atoms with van der Waals surface area (Å²) in [6, 6.07) is 0. The number of esters is 1. The van der Waals surface area contributed by atoms with Gasteiger partial charge in [0, 0.05) is 0 Å². The first-order chi connectivity index (χ1) is 8.63. The number of carbonyl (C=O) groups excluding carboxylic acids is 1. The molecule has 18 heavy (non-hydrogen) atoms. The summed E-state index contributed by atoms with van der Waals surface area (Å²) in [5.41, 5.74) is 6.72. The number of aromatic nitrogens is 2. The van der Waals surface area contributed by atoms with Crippen LogP contribution in [0, 0.1) is 6.92 Å². The molecule has 0 aliphatic carbocycles. The van der Waals surface area contributed by atoms with Crippen molar-refractivity contribution in [2.45, 2.75) is 31.4 Å². The first-order valence-electron chi connectivity index (χ1n) is 5.97. The number of nitrogens with two attached hydrogens (primary N) is 1. The van der Waals surface area contributed by atoms with Gasteiger partial charge in [-0.15, -0.1) is 0 Å². The zero-order valence-electron chi connectivity index (χ0n) is 10.6. The quantitative estimate of drug-likeness (QED) is 0.827. The smallest absolute Gasteiger partial charge is 0.343 e. The Morgan fingerprint density at radius 1 is 1.44 bits per heavy atom. The van der Waals surface area contributed by atoms with Crippen LogP contribution in [-0.4, -0.2) is 28.8 Å². The molecule has 1 aromatic rings. The first-order valence-corrected chi connectivity index (χ1v) is 7.02. The topological polar surface area (TPSA) is 78.1 Å². The highest BCUT2D eigenvalue weighted by atomic mass is 32.2. The zero-order valence-corrected chi connectivity index (χ0v) is 11.4. The van der Waals surface area contributed by atoms with Gasteiger partial charge in [0.15, 0.2) is 0 Å². The van der Waals surface area contributed by atoms with Gasteiger partial charge in [0.1, 0.15) is 17.2 Å². The summed E-state index contributed by atoms with van der Waals surface area (Å²) in [6.45, 7) is 1.77. The number of thioether (sulfide) groups is 1. The maximum absolute atomic E-state index is 11.6. The number of aryl methyl sites for hydroxylation is 1. The molecule has 2 rings (SSSR count). The molecule has 2 heterocycles. The second kappa shape index (κ2) is 5.56. The Kier molecular flexibility index (Phi) is 4.06. The van der Waals surface area contributed by atoms with Crippen LogP contribution in [0.3, 0.4) is 0 Å². The van der Waals surface area contributed by atoms with Gasteiger partial charge >= 0.3 is 5.97 Å². The highest BCUT2D eigenvalue weighted by Crippen LogP contribution is 2.37. The fraction of sp³-hybridized carbons (Fsp3) is 0.583. The fourth-order valence-corrected chi connectivity index (χ4v) is 3.30. The van der Waals surface area contributed by atoms with E-state index in [4.69, 9.17) is 5.73 Å². The molecule has 98 valence electrons. The molecule has 0 bridgehead atoms. The van der Waals surface area contributed by atoms with E-state index in [0.29, 0.717) is 10.9 Å². The van der Waals surface area contributed by atoms with Crippen molar-refractivity contribution in [2.75, 3.05) is 18.6 Å². The number of rotatable bonds is 2. The van der Waals surface area contributed by atoms with Gasteiger partial charge in [0.2, 0.25) is 0 Å². The van der Waals surface area contributed by atoms with Crippen LogP contribution >= 0.6 is 11.8 Å². The van der Waals surface area contributed by atoms with Crippen molar-refractivity contribution < 1.29 is 9.53 Å². The molecule has 1 aliphatic rings. The van der Waals surface area contributed by atoms with E-state index in [9.17, 15) is 4.79 Å². The molecule has 0 saturated carbocycles. The maximum atomic E-state index is 11.6. The van der Waals surface area contributed by atoms with Gasteiger partial charge in [-0.2, -0.15) is 11.8 Å². The number of nitrogen functional groups attached to an aromatic ring is 1. The SMILES string of the molecule is COC(=O)c1c(C)nc(C2CCCCS2)nc1N. The summed E-state index contributed by atoms with van der Waals surface area (Å²) >= 11 is 1.86. The van der Waals surface area contributed by atoms with Gasteiger partial charge in [-0.05, 0) is 25.5 Å². The molecule has 2 N–H and O–H groups in total. The molecule has 0 radical (unpaired) electrons. The van der Waals surface area contributed by atoms with Gasteiger partial charge < -0.3 is 10.5 Å². The fourth-order valence-electron chi connectivity index (χ4n) is 2.06. The third-order valence-electron chi connectivity index (χ3n) is 2.99. The van der Waals surface area contributed by atoms with Gasteiger partial charge in [0.25, 0.3) is 0 Å². The number of hydrogen-bond donors (Lipinski definition) is 1. The van der Waals surface area contributed by atoms with Crippen molar-refractivity contribution in [1.82, 2.24) is 9.97 Å². The molecule has 5 nitrogen and oxygen atoms in total. The lowest BCUT2D eigenvalue weighted by Gasteiger charge is -2.20. The van der Waals surface area contributed by atoms with Crippen LogP contribution < -0.4 is 5.73 Å². The average molecular weight is 267 g/mol. The molecule has 6 heteroatoms. The monoisotopic (exact) mass is 267 g/mol. The van der Waals surface area contributed by atoms with E-state index < -0.39 is 5.97 Å². The third-order valence-corrected chi connectivity index (χ3v) is 4.37. The lowest BCUT2D eigenvalue weighted by atomic mass is 10.1. The number of methoxy groups -OCH3 is 1. The Morgan fingerprint density at radius 3 is 2.78 bits per heavy atom. The van der Waals surface area contributed by atoms with Crippen molar-refractivity contribution >= 4 is 23.5 Å². The maximum Gasteiger partial charge on any atom is 0.343 e. The second-order valence-electron chi connectivity index (χ2n) is 4.27. The average Bonchev–Trinajstić information content (AvgIpc) is 2.38. The molecule has 1 aromatic heterocycles. The van der Waals surface area contributed by atoms with Gasteiger partial charge in [-0.25, -0.2) is 14.8 Å². The number of nitrogens with zero attached hydrogens (tertiary/aromatic N) is 2. The minimum Gasteiger partial charge on any atom is -0.465 e.